The summed E-state index contributed by atoms with van der Waals surface area (Å²) in [5.74, 6) is 0.750. The Morgan fingerprint density at radius 1 is 1.56 bits per heavy atom. The molecule has 102 valence electrons. The van der Waals surface area contributed by atoms with E-state index >= 15 is 0 Å². The second kappa shape index (κ2) is 6.04. The van der Waals surface area contributed by atoms with E-state index in [2.05, 4.69) is 30.5 Å². The molecule has 0 bridgehead atoms. The van der Waals surface area contributed by atoms with Gasteiger partial charge in [0.15, 0.2) is 0 Å². The Labute approximate surface area is 119 Å². The van der Waals surface area contributed by atoms with Crippen molar-refractivity contribution in [3.8, 4) is 0 Å². The second-order valence-corrected chi connectivity index (χ2v) is 6.25. The first-order valence-electron chi connectivity index (χ1n) is 6.07. The van der Waals surface area contributed by atoms with Crippen molar-refractivity contribution in [3.05, 3.63) is 22.4 Å². The lowest BCUT2D eigenvalue weighted by Gasteiger charge is -2.34. The Morgan fingerprint density at radius 2 is 2.22 bits per heavy atom. The SMILES string of the molecule is CC(C(=O)NC(C)(C)c1cccs1)C1CNC1.Cl. The van der Waals surface area contributed by atoms with Gasteiger partial charge in [-0.1, -0.05) is 13.0 Å². The van der Waals surface area contributed by atoms with Gasteiger partial charge in [-0.3, -0.25) is 4.79 Å². The number of amides is 1. The fraction of sp³-hybridized carbons (Fsp3) is 0.615. The van der Waals surface area contributed by atoms with E-state index in [1.54, 1.807) is 11.3 Å². The molecule has 2 N–H and O–H groups in total. The van der Waals surface area contributed by atoms with Crippen LogP contribution in [-0.4, -0.2) is 19.0 Å². The Balaban J connectivity index is 0.00000162. The van der Waals surface area contributed by atoms with E-state index in [9.17, 15) is 4.79 Å². The maximum absolute atomic E-state index is 12.2. The van der Waals surface area contributed by atoms with E-state index in [-0.39, 0.29) is 29.8 Å². The van der Waals surface area contributed by atoms with Crippen molar-refractivity contribution in [2.45, 2.75) is 26.3 Å². The molecule has 1 aromatic heterocycles. The van der Waals surface area contributed by atoms with Crippen LogP contribution in [0.2, 0.25) is 0 Å². The quantitative estimate of drug-likeness (QED) is 0.893. The first-order valence-corrected chi connectivity index (χ1v) is 6.95. The van der Waals surface area contributed by atoms with Crippen LogP contribution in [-0.2, 0) is 10.3 Å². The number of carbonyl (C=O) groups excluding carboxylic acids is 1. The van der Waals surface area contributed by atoms with Crippen LogP contribution in [0, 0.1) is 11.8 Å². The van der Waals surface area contributed by atoms with Gasteiger partial charge in [0.2, 0.25) is 5.91 Å². The molecular weight excluding hydrogens is 268 g/mol. The Kier molecular flexibility index (Phi) is 5.20. The monoisotopic (exact) mass is 288 g/mol. The number of rotatable bonds is 4. The Morgan fingerprint density at radius 3 is 2.67 bits per heavy atom. The van der Waals surface area contributed by atoms with Crippen LogP contribution in [0.5, 0.6) is 0 Å². The fourth-order valence-electron chi connectivity index (χ4n) is 2.00. The van der Waals surface area contributed by atoms with Crippen LogP contribution < -0.4 is 10.6 Å². The molecule has 3 nitrogen and oxygen atoms in total. The molecule has 1 saturated heterocycles. The van der Waals surface area contributed by atoms with Crippen molar-refractivity contribution >= 4 is 29.7 Å². The number of nitrogens with one attached hydrogen (secondary N) is 2. The molecule has 1 unspecified atom stereocenters. The molecule has 1 fully saturated rings. The number of halogens is 1. The molecule has 1 aliphatic heterocycles. The summed E-state index contributed by atoms with van der Waals surface area (Å²) in [6.45, 7) is 8.07. The van der Waals surface area contributed by atoms with Gasteiger partial charge in [0.05, 0.1) is 5.54 Å². The van der Waals surface area contributed by atoms with Gasteiger partial charge >= 0.3 is 0 Å². The Bertz CT molecular complexity index is 388. The highest BCUT2D eigenvalue weighted by Crippen LogP contribution is 2.26. The lowest BCUT2D eigenvalue weighted by Crippen LogP contribution is -2.52. The lowest BCUT2D eigenvalue weighted by atomic mass is 9.87. The summed E-state index contributed by atoms with van der Waals surface area (Å²) in [7, 11) is 0. The van der Waals surface area contributed by atoms with Crippen molar-refractivity contribution in [1.82, 2.24) is 10.6 Å². The molecule has 0 saturated carbocycles. The van der Waals surface area contributed by atoms with Crippen LogP contribution in [0.25, 0.3) is 0 Å². The third-order valence-electron chi connectivity index (χ3n) is 3.51. The largest absolute Gasteiger partial charge is 0.346 e. The topological polar surface area (TPSA) is 41.1 Å². The number of hydrogen-bond acceptors (Lipinski definition) is 3. The van der Waals surface area contributed by atoms with Gasteiger partial charge in [0.25, 0.3) is 0 Å². The molecule has 0 radical (unpaired) electrons. The van der Waals surface area contributed by atoms with Crippen LogP contribution in [0.15, 0.2) is 17.5 Å². The number of hydrogen-bond donors (Lipinski definition) is 2. The third-order valence-corrected chi connectivity index (χ3v) is 4.70. The highest BCUT2D eigenvalue weighted by Gasteiger charge is 2.32. The molecule has 0 spiro atoms. The van der Waals surface area contributed by atoms with Gasteiger partial charge in [-0.25, -0.2) is 0 Å². The standard InChI is InChI=1S/C13H20N2OS.ClH/c1-9(10-7-14-8-10)12(16)15-13(2,3)11-5-4-6-17-11;/h4-6,9-10,14H,7-8H2,1-3H3,(H,15,16);1H. The van der Waals surface area contributed by atoms with Gasteiger partial charge in [-0.2, -0.15) is 0 Å². The summed E-state index contributed by atoms with van der Waals surface area (Å²) in [5.41, 5.74) is -0.267. The second-order valence-electron chi connectivity index (χ2n) is 5.30. The summed E-state index contributed by atoms with van der Waals surface area (Å²) < 4.78 is 0. The average molecular weight is 289 g/mol. The first-order chi connectivity index (χ1) is 8.00. The minimum atomic E-state index is -0.267. The van der Waals surface area contributed by atoms with Crippen molar-refractivity contribution in [2.75, 3.05) is 13.1 Å². The molecule has 1 amide bonds. The van der Waals surface area contributed by atoms with Crippen molar-refractivity contribution < 1.29 is 4.79 Å². The summed E-state index contributed by atoms with van der Waals surface area (Å²) in [4.78, 5) is 13.4. The van der Waals surface area contributed by atoms with E-state index in [0.717, 1.165) is 13.1 Å². The zero-order valence-corrected chi connectivity index (χ0v) is 12.7. The third kappa shape index (κ3) is 3.25. The lowest BCUT2D eigenvalue weighted by molar-refractivity contribution is -0.128. The fourth-order valence-corrected chi connectivity index (χ4v) is 2.80. The van der Waals surface area contributed by atoms with Gasteiger partial charge < -0.3 is 10.6 Å². The highest BCUT2D eigenvalue weighted by atomic mass is 35.5. The Hall–Kier alpha value is -0.580. The molecule has 2 rings (SSSR count). The van der Waals surface area contributed by atoms with Crippen LogP contribution >= 0.6 is 23.7 Å². The molecule has 2 heterocycles. The molecular formula is C13H21ClN2OS. The minimum absolute atomic E-state index is 0. The summed E-state index contributed by atoms with van der Waals surface area (Å²) in [6.07, 6.45) is 0. The minimum Gasteiger partial charge on any atom is -0.346 e. The predicted octanol–water partition coefficient (Wildman–Crippen LogP) is 2.38. The van der Waals surface area contributed by atoms with Crippen LogP contribution in [0.3, 0.4) is 0 Å². The van der Waals surface area contributed by atoms with Gasteiger partial charge in [-0.15, -0.1) is 23.7 Å². The van der Waals surface area contributed by atoms with E-state index in [1.807, 2.05) is 18.4 Å². The average Bonchev–Trinajstić information content (AvgIpc) is 2.66. The van der Waals surface area contributed by atoms with E-state index in [4.69, 9.17) is 0 Å². The molecule has 5 heteroatoms. The van der Waals surface area contributed by atoms with Crippen LogP contribution in [0.4, 0.5) is 0 Å². The molecule has 1 aliphatic rings. The molecule has 0 aromatic carbocycles. The van der Waals surface area contributed by atoms with Gasteiger partial charge in [0.1, 0.15) is 0 Å². The highest BCUT2D eigenvalue weighted by molar-refractivity contribution is 7.10. The number of carbonyl (C=O) groups is 1. The van der Waals surface area contributed by atoms with Crippen LogP contribution in [0.1, 0.15) is 25.6 Å². The molecule has 1 aromatic rings. The maximum atomic E-state index is 12.2. The van der Waals surface area contributed by atoms with Gasteiger partial charge in [0, 0.05) is 10.8 Å². The molecule has 1 atom stereocenters. The zero-order valence-electron chi connectivity index (χ0n) is 11.0. The van der Waals surface area contributed by atoms with E-state index in [0.29, 0.717) is 5.92 Å². The van der Waals surface area contributed by atoms with E-state index < -0.39 is 0 Å². The van der Waals surface area contributed by atoms with Gasteiger partial charge in [-0.05, 0) is 44.3 Å². The predicted molar refractivity (Wildman–Crippen MR) is 78.3 cm³/mol. The smallest absolute Gasteiger partial charge is 0.223 e. The summed E-state index contributed by atoms with van der Waals surface area (Å²) >= 11 is 1.68. The summed E-state index contributed by atoms with van der Waals surface area (Å²) in [5, 5.41) is 8.40. The first kappa shape index (κ1) is 15.5. The van der Waals surface area contributed by atoms with E-state index in [1.165, 1.54) is 4.88 Å². The summed E-state index contributed by atoms with van der Waals surface area (Å²) in [6, 6.07) is 4.09. The normalized spacial score (nSPS) is 17.5. The van der Waals surface area contributed by atoms with Crippen molar-refractivity contribution in [3.63, 3.8) is 0 Å². The van der Waals surface area contributed by atoms with Crippen molar-refractivity contribution in [2.24, 2.45) is 11.8 Å². The van der Waals surface area contributed by atoms with Crippen molar-refractivity contribution in [1.29, 1.82) is 0 Å². The maximum Gasteiger partial charge on any atom is 0.223 e. The number of thiophene rings is 1. The molecule has 0 aliphatic carbocycles. The zero-order chi connectivity index (χ0) is 12.5. The molecule has 18 heavy (non-hydrogen) atoms.